The molecule has 0 radical (unpaired) electrons. The molecule has 0 aliphatic carbocycles. The number of carboxylic acid groups (broad SMARTS) is 1. The van der Waals surface area contributed by atoms with Gasteiger partial charge >= 0.3 is 5.97 Å². The summed E-state index contributed by atoms with van der Waals surface area (Å²) in [6.45, 7) is 2.75. The number of carbonyl (C=O) groups is 2. The Kier molecular flexibility index (Phi) is 4.73. The number of aliphatic carboxylic acids is 1. The Hall–Kier alpha value is -2.77. The molecule has 6 nitrogen and oxygen atoms in total. The van der Waals surface area contributed by atoms with Gasteiger partial charge in [-0.3, -0.25) is 9.59 Å². The number of benzene rings is 1. The van der Waals surface area contributed by atoms with E-state index in [9.17, 15) is 18.4 Å². The first-order valence-corrected chi connectivity index (χ1v) is 6.74. The van der Waals surface area contributed by atoms with E-state index < -0.39 is 41.7 Å². The molecule has 0 unspecified atom stereocenters. The second-order valence-corrected chi connectivity index (χ2v) is 5.06. The number of carboxylic acids is 1. The number of rotatable bonds is 5. The van der Waals surface area contributed by atoms with Crippen molar-refractivity contribution in [3.63, 3.8) is 0 Å². The highest BCUT2D eigenvalue weighted by Crippen LogP contribution is 2.25. The van der Waals surface area contributed by atoms with E-state index in [0.29, 0.717) is 0 Å². The molecule has 0 bridgehead atoms. The average Bonchev–Trinajstić information content (AvgIpc) is 2.93. The number of halogens is 2. The summed E-state index contributed by atoms with van der Waals surface area (Å²) in [6.07, 6.45) is 0.945. The van der Waals surface area contributed by atoms with Gasteiger partial charge in [-0.1, -0.05) is 6.07 Å². The van der Waals surface area contributed by atoms with Gasteiger partial charge in [-0.15, -0.1) is 0 Å². The molecule has 1 heterocycles. The Labute approximate surface area is 130 Å². The summed E-state index contributed by atoms with van der Waals surface area (Å²) in [7, 11) is 0. The predicted molar refractivity (Wildman–Crippen MR) is 75.7 cm³/mol. The fraction of sp³-hybridized carbons (Fsp3) is 0.267. The number of nitrogens with zero attached hydrogens (tertiary/aromatic N) is 2. The van der Waals surface area contributed by atoms with Crippen molar-refractivity contribution in [2.24, 2.45) is 0 Å². The lowest BCUT2D eigenvalue weighted by atomic mass is 10.2. The third-order valence-corrected chi connectivity index (χ3v) is 3.09. The second-order valence-electron chi connectivity index (χ2n) is 5.06. The molecule has 1 aromatic heterocycles. The molecule has 8 heteroatoms. The Morgan fingerprint density at radius 1 is 1.30 bits per heavy atom. The van der Waals surface area contributed by atoms with E-state index in [0.717, 1.165) is 23.3 Å². The number of hydrogen-bond donors (Lipinski definition) is 1. The first kappa shape index (κ1) is 16.6. The van der Waals surface area contributed by atoms with Crippen LogP contribution in [0.3, 0.4) is 0 Å². The zero-order valence-electron chi connectivity index (χ0n) is 12.4. The van der Waals surface area contributed by atoms with Gasteiger partial charge in [-0.05, 0) is 26.0 Å². The van der Waals surface area contributed by atoms with Crippen LogP contribution >= 0.6 is 0 Å². The smallest absolute Gasteiger partial charge is 0.323 e. The van der Waals surface area contributed by atoms with Gasteiger partial charge in [-0.25, -0.2) is 13.8 Å². The highest BCUT2D eigenvalue weighted by Gasteiger charge is 2.25. The maximum Gasteiger partial charge on any atom is 0.323 e. The lowest BCUT2D eigenvalue weighted by Gasteiger charge is -2.23. The Morgan fingerprint density at radius 2 is 1.91 bits per heavy atom. The average molecular weight is 324 g/mol. The van der Waals surface area contributed by atoms with Crippen molar-refractivity contribution in [1.82, 2.24) is 9.88 Å². The van der Waals surface area contributed by atoms with Gasteiger partial charge in [0.25, 0.3) is 5.91 Å². The molecule has 0 saturated heterocycles. The first-order chi connectivity index (χ1) is 10.8. The summed E-state index contributed by atoms with van der Waals surface area (Å²) >= 11 is 0. The van der Waals surface area contributed by atoms with Crippen molar-refractivity contribution in [1.29, 1.82) is 0 Å². The summed E-state index contributed by atoms with van der Waals surface area (Å²) in [5, 5.41) is 8.85. The Morgan fingerprint density at radius 3 is 2.43 bits per heavy atom. The largest absolute Gasteiger partial charge is 0.480 e. The molecule has 1 aromatic carbocycles. The van der Waals surface area contributed by atoms with E-state index in [1.807, 2.05) is 0 Å². The van der Waals surface area contributed by atoms with Crippen LogP contribution in [0.2, 0.25) is 0 Å². The van der Waals surface area contributed by atoms with Crippen LogP contribution < -0.4 is 0 Å². The molecule has 1 N–H and O–H groups in total. The summed E-state index contributed by atoms with van der Waals surface area (Å²) in [5.41, 5.74) is -0.710. The van der Waals surface area contributed by atoms with E-state index in [1.54, 1.807) is 13.8 Å². The monoisotopic (exact) mass is 324 g/mol. The van der Waals surface area contributed by atoms with Crippen LogP contribution in [-0.4, -0.2) is 39.5 Å². The van der Waals surface area contributed by atoms with Crippen molar-refractivity contribution in [3.05, 3.63) is 41.8 Å². The van der Waals surface area contributed by atoms with E-state index >= 15 is 0 Å². The van der Waals surface area contributed by atoms with Crippen molar-refractivity contribution in [2.75, 3.05) is 6.54 Å². The number of amides is 1. The van der Waals surface area contributed by atoms with Crippen LogP contribution in [0.4, 0.5) is 8.78 Å². The van der Waals surface area contributed by atoms with Crippen molar-refractivity contribution in [2.45, 2.75) is 19.9 Å². The van der Waals surface area contributed by atoms with E-state index in [2.05, 4.69) is 4.98 Å². The topological polar surface area (TPSA) is 83.6 Å². The molecule has 23 heavy (non-hydrogen) atoms. The maximum absolute atomic E-state index is 13.7. The van der Waals surface area contributed by atoms with Crippen LogP contribution in [0.25, 0.3) is 11.5 Å². The molecule has 0 aliphatic rings. The van der Waals surface area contributed by atoms with Gasteiger partial charge in [0.15, 0.2) is 5.69 Å². The quantitative estimate of drug-likeness (QED) is 0.914. The van der Waals surface area contributed by atoms with Crippen LogP contribution in [0.15, 0.2) is 28.9 Å². The fourth-order valence-corrected chi connectivity index (χ4v) is 1.97. The lowest BCUT2D eigenvalue weighted by Crippen LogP contribution is -2.40. The molecular weight excluding hydrogens is 310 g/mol. The van der Waals surface area contributed by atoms with Gasteiger partial charge in [-0.2, -0.15) is 0 Å². The zero-order valence-corrected chi connectivity index (χ0v) is 12.4. The van der Waals surface area contributed by atoms with Gasteiger partial charge in [0, 0.05) is 6.04 Å². The highest BCUT2D eigenvalue weighted by atomic mass is 19.1. The standard InChI is InChI=1S/C15H14F2N2O4/c1-8(2)19(6-12(20)21)15(22)11-7-23-14(18-11)13-9(16)4-3-5-10(13)17/h3-5,7-8H,6H2,1-2H3,(H,20,21). The molecule has 0 fully saturated rings. The fourth-order valence-electron chi connectivity index (χ4n) is 1.97. The minimum Gasteiger partial charge on any atom is -0.480 e. The highest BCUT2D eigenvalue weighted by molar-refractivity contribution is 5.94. The third kappa shape index (κ3) is 3.53. The number of oxazole rings is 1. The minimum atomic E-state index is -1.18. The molecule has 0 atom stereocenters. The molecule has 0 aliphatic heterocycles. The molecule has 1 amide bonds. The van der Waals surface area contributed by atoms with Crippen LogP contribution in [0.5, 0.6) is 0 Å². The maximum atomic E-state index is 13.7. The third-order valence-electron chi connectivity index (χ3n) is 3.09. The van der Waals surface area contributed by atoms with Crippen LogP contribution in [0, 0.1) is 11.6 Å². The van der Waals surface area contributed by atoms with E-state index in [1.165, 1.54) is 6.07 Å². The molecule has 122 valence electrons. The summed E-state index contributed by atoms with van der Waals surface area (Å²) < 4.78 is 32.4. The summed E-state index contributed by atoms with van der Waals surface area (Å²) in [5.74, 6) is -4.03. The summed E-state index contributed by atoms with van der Waals surface area (Å²) in [4.78, 5) is 28.0. The van der Waals surface area contributed by atoms with Gasteiger partial charge in [0.1, 0.15) is 30.0 Å². The number of aromatic nitrogens is 1. The van der Waals surface area contributed by atoms with Crippen molar-refractivity contribution < 1.29 is 27.9 Å². The summed E-state index contributed by atoms with van der Waals surface area (Å²) in [6, 6.07) is 2.87. The molecule has 0 spiro atoms. The Balaban J connectivity index is 2.34. The van der Waals surface area contributed by atoms with Crippen molar-refractivity contribution in [3.8, 4) is 11.5 Å². The van der Waals surface area contributed by atoms with Crippen LogP contribution in [-0.2, 0) is 4.79 Å². The SMILES string of the molecule is CC(C)N(CC(=O)O)C(=O)c1coc(-c2c(F)cccc2F)n1. The number of hydrogen-bond acceptors (Lipinski definition) is 4. The first-order valence-electron chi connectivity index (χ1n) is 6.74. The van der Waals surface area contributed by atoms with E-state index in [4.69, 9.17) is 9.52 Å². The zero-order chi connectivity index (χ0) is 17.1. The Bertz CT molecular complexity index is 723. The molecule has 2 rings (SSSR count). The van der Waals surface area contributed by atoms with Crippen LogP contribution in [0.1, 0.15) is 24.3 Å². The van der Waals surface area contributed by atoms with Gasteiger partial charge < -0.3 is 14.4 Å². The normalized spacial score (nSPS) is 10.8. The lowest BCUT2D eigenvalue weighted by molar-refractivity contribution is -0.138. The van der Waals surface area contributed by atoms with Gasteiger partial charge in [0.2, 0.25) is 5.89 Å². The minimum absolute atomic E-state index is 0.224. The van der Waals surface area contributed by atoms with Gasteiger partial charge in [0.05, 0.1) is 0 Å². The molecule has 0 saturated carbocycles. The molecular formula is C15H14F2N2O4. The second kappa shape index (κ2) is 6.55. The molecule has 2 aromatic rings. The van der Waals surface area contributed by atoms with Crippen molar-refractivity contribution >= 4 is 11.9 Å². The predicted octanol–water partition coefficient (Wildman–Crippen LogP) is 2.56. The van der Waals surface area contributed by atoms with E-state index in [-0.39, 0.29) is 11.6 Å². The number of carbonyl (C=O) groups excluding carboxylic acids is 1.